The summed E-state index contributed by atoms with van der Waals surface area (Å²) < 4.78 is 10.6. The lowest BCUT2D eigenvalue weighted by Crippen LogP contribution is -2.33. The number of rotatable bonds is 6. The SMILES string of the molecule is COc1ccc(CNCC2(C)CCCCC2)cc1OC. The maximum absolute atomic E-state index is 5.34. The number of hydrogen-bond donors (Lipinski definition) is 1. The Morgan fingerprint density at radius 3 is 2.40 bits per heavy atom. The minimum atomic E-state index is 0.481. The first kappa shape index (κ1) is 15.2. The fourth-order valence-electron chi connectivity index (χ4n) is 3.08. The molecular weight excluding hydrogens is 250 g/mol. The second kappa shape index (κ2) is 6.98. The van der Waals surface area contributed by atoms with Gasteiger partial charge in [-0.1, -0.05) is 32.3 Å². The molecule has 3 heteroatoms. The Balaban J connectivity index is 1.87. The van der Waals surface area contributed by atoms with Gasteiger partial charge in [-0.3, -0.25) is 0 Å². The third-order valence-electron chi connectivity index (χ3n) is 4.39. The summed E-state index contributed by atoms with van der Waals surface area (Å²) in [5.41, 5.74) is 1.72. The zero-order valence-corrected chi connectivity index (χ0v) is 13.0. The van der Waals surface area contributed by atoms with Gasteiger partial charge in [0.2, 0.25) is 0 Å². The maximum Gasteiger partial charge on any atom is 0.161 e. The van der Waals surface area contributed by atoms with Crippen molar-refractivity contribution in [2.45, 2.75) is 45.6 Å². The molecule has 0 aromatic heterocycles. The van der Waals surface area contributed by atoms with Crippen LogP contribution in [0.2, 0.25) is 0 Å². The molecule has 0 radical (unpaired) electrons. The van der Waals surface area contributed by atoms with Gasteiger partial charge >= 0.3 is 0 Å². The van der Waals surface area contributed by atoms with E-state index in [1.54, 1.807) is 14.2 Å². The fraction of sp³-hybridized carbons (Fsp3) is 0.647. The molecule has 0 aliphatic heterocycles. The molecule has 1 N–H and O–H groups in total. The molecule has 1 aliphatic carbocycles. The van der Waals surface area contributed by atoms with Crippen LogP contribution >= 0.6 is 0 Å². The van der Waals surface area contributed by atoms with E-state index in [4.69, 9.17) is 9.47 Å². The minimum absolute atomic E-state index is 0.481. The molecule has 0 heterocycles. The molecular formula is C17H27NO2. The van der Waals surface area contributed by atoms with Gasteiger partial charge in [-0.25, -0.2) is 0 Å². The molecule has 0 atom stereocenters. The molecule has 0 bridgehead atoms. The second-order valence-electron chi connectivity index (χ2n) is 6.16. The smallest absolute Gasteiger partial charge is 0.161 e. The topological polar surface area (TPSA) is 30.5 Å². The van der Waals surface area contributed by atoms with Gasteiger partial charge in [-0.2, -0.15) is 0 Å². The summed E-state index contributed by atoms with van der Waals surface area (Å²) in [6.07, 6.45) is 6.88. The fourth-order valence-corrected chi connectivity index (χ4v) is 3.08. The van der Waals surface area contributed by atoms with E-state index in [1.165, 1.54) is 37.7 Å². The van der Waals surface area contributed by atoms with Gasteiger partial charge in [0.15, 0.2) is 11.5 Å². The number of benzene rings is 1. The molecule has 3 nitrogen and oxygen atoms in total. The predicted octanol–water partition coefficient (Wildman–Crippen LogP) is 3.76. The Hall–Kier alpha value is -1.22. The van der Waals surface area contributed by atoms with E-state index in [1.807, 2.05) is 6.07 Å². The maximum atomic E-state index is 5.34. The Morgan fingerprint density at radius 1 is 1.05 bits per heavy atom. The molecule has 1 aromatic rings. The lowest BCUT2D eigenvalue weighted by atomic mass is 9.76. The third-order valence-corrected chi connectivity index (χ3v) is 4.39. The van der Waals surface area contributed by atoms with Gasteiger partial charge in [0.25, 0.3) is 0 Å². The van der Waals surface area contributed by atoms with E-state index in [0.717, 1.165) is 24.6 Å². The number of methoxy groups -OCH3 is 2. The molecule has 1 fully saturated rings. The lowest BCUT2D eigenvalue weighted by molar-refractivity contribution is 0.207. The standard InChI is InChI=1S/C17H27NO2/c1-17(9-5-4-6-10-17)13-18-12-14-7-8-15(19-2)16(11-14)20-3/h7-8,11,18H,4-6,9-10,12-13H2,1-3H3. The van der Waals surface area contributed by atoms with Crippen molar-refractivity contribution < 1.29 is 9.47 Å². The monoisotopic (exact) mass is 277 g/mol. The van der Waals surface area contributed by atoms with Crippen LogP contribution in [0.4, 0.5) is 0 Å². The van der Waals surface area contributed by atoms with Crippen molar-refractivity contribution in [2.75, 3.05) is 20.8 Å². The van der Waals surface area contributed by atoms with Crippen LogP contribution in [0.1, 0.15) is 44.6 Å². The predicted molar refractivity (Wildman–Crippen MR) is 82.4 cm³/mol. The van der Waals surface area contributed by atoms with Crippen LogP contribution in [0.15, 0.2) is 18.2 Å². The van der Waals surface area contributed by atoms with Gasteiger partial charge in [-0.05, 0) is 36.0 Å². The van der Waals surface area contributed by atoms with Gasteiger partial charge in [-0.15, -0.1) is 0 Å². The highest BCUT2D eigenvalue weighted by Crippen LogP contribution is 2.35. The summed E-state index contributed by atoms with van der Waals surface area (Å²) >= 11 is 0. The largest absolute Gasteiger partial charge is 0.493 e. The third kappa shape index (κ3) is 3.89. The van der Waals surface area contributed by atoms with Crippen LogP contribution in [-0.2, 0) is 6.54 Å². The summed E-state index contributed by atoms with van der Waals surface area (Å²) in [7, 11) is 3.35. The van der Waals surface area contributed by atoms with Gasteiger partial charge in [0.1, 0.15) is 0 Å². The molecule has 0 amide bonds. The zero-order valence-electron chi connectivity index (χ0n) is 13.0. The van der Waals surface area contributed by atoms with Crippen molar-refractivity contribution in [3.63, 3.8) is 0 Å². The van der Waals surface area contributed by atoms with Crippen molar-refractivity contribution in [1.29, 1.82) is 0 Å². The minimum Gasteiger partial charge on any atom is -0.493 e. The van der Waals surface area contributed by atoms with Gasteiger partial charge in [0.05, 0.1) is 14.2 Å². The van der Waals surface area contributed by atoms with Gasteiger partial charge < -0.3 is 14.8 Å². The van der Waals surface area contributed by atoms with Crippen LogP contribution in [0, 0.1) is 5.41 Å². The number of nitrogens with one attached hydrogen (secondary N) is 1. The molecule has 112 valence electrons. The van der Waals surface area contributed by atoms with Crippen LogP contribution in [-0.4, -0.2) is 20.8 Å². The average molecular weight is 277 g/mol. The number of ether oxygens (including phenoxy) is 2. The van der Waals surface area contributed by atoms with E-state index in [0.29, 0.717) is 5.41 Å². The zero-order chi connectivity index (χ0) is 14.4. The van der Waals surface area contributed by atoms with Crippen LogP contribution in [0.25, 0.3) is 0 Å². The highest BCUT2D eigenvalue weighted by Gasteiger charge is 2.25. The Morgan fingerprint density at radius 2 is 1.75 bits per heavy atom. The Bertz CT molecular complexity index is 425. The first-order chi connectivity index (χ1) is 9.67. The summed E-state index contributed by atoms with van der Waals surface area (Å²) in [5.74, 6) is 1.59. The highest BCUT2D eigenvalue weighted by molar-refractivity contribution is 5.42. The van der Waals surface area contributed by atoms with E-state index >= 15 is 0 Å². The first-order valence-electron chi connectivity index (χ1n) is 7.58. The molecule has 20 heavy (non-hydrogen) atoms. The van der Waals surface area contributed by atoms with Crippen molar-refractivity contribution >= 4 is 0 Å². The quantitative estimate of drug-likeness (QED) is 0.858. The van der Waals surface area contributed by atoms with Crippen LogP contribution in [0.3, 0.4) is 0 Å². The molecule has 1 aliphatic rings. The molecule has 2 rings (SSSR count). The summed E-state index contributed by atoms with van der Waals surface area (Å²) in [6, 6.07) is 6.12. The Kier molecular flexibility index (Phi) is 5.30. The second-order valence-corrected chi connectivity index (χ2v) is 6.16. The lowest BCUT2D eigenvalue weighted by Gasteiger charge is -2.33. The summed E-state index contributed by atoms with van der Waals surface area (Å²) in [4.78, 5) is 0. The summed E-state index contributed by atoms with van der Waals surface area (Å²) in [6.45, 7) is 4.39. The number of hydrogen-bond acceptors (Lipinski definition) is 3. The molecule has 1 aromatic carbocycles. The van der Waals surface area contributed by atoms with E-state index in [-0.39, 0.29) is 0 Å². The van der Waals surface area contributed by atoms with Crippen LogP contribution in [0.5, 0.6) is 11.5 Å². The van der Waals surface area contributed by atoms with Crippen LogP contribution < -0.4 is 14.8 Å². The van der Waals surface area contributed by atoms with Crippen molar-refractivity contribution in [3.05, 3.63) is 23.8 Å². The van der Waals surface area contributed by atoms with E-state index in [9.17, 15) is 0 Å². The average Bonchev–Trinajstić information content (AvgIpc) is 2.47. The van der Waals surface area contributed by atoms with Crippen molar-refractivity contribution in [3.8, 4) is 11.5 Å². The van der Waals surface area contributed by atoms with Crippen molar-refractivity contribution in [2.24, 2.45) is 5.41 Å². The van der Waals surface area contributed by atoms with E-state index in [2.05, 4.69) is 24.4 Å². The normalized spacial score (nSPS) is 17.8. The highest BCUT2D eigenvalue weighted by atomic mass is 16.5. The summed E-state index contributed by atoms with van der Waals surface area (Å²) in [5, 5.41) is 3.60. The Labute approximate surface area is 122 Å². The van der Waals surface area contributed by atoms with Gasteiger partial charge in [0, 0.05) is 13.1 Å². The molecule has 0 spiro atoms. The molecule has 1 saturated carbocycles. The molecule has 0 saturated heterocycles. The molecule has 0 unspecified atom stereocenters. The first-order valence-corrected chi connectivity index (χ1v) is 7.58. The van der Waals surface area contributed by atoms with Crippen molar-refractivity contribution in [1.82, 2.24) is 5.32 Å². The van der Waals surface area contributed by atoms with E-state index < -0.39 is 0 Å².